The molecule has 0 amide bonds. The predicted octanol–water partition coefficient (Wildman–Crippen LogP) is 3.83. The lowest BCUT2D eigenvalue weighted by atomic mass is 10.4. The zero-order valence-electron chi connectivity index (χ0n) is 14.8. The van der Waals surface area contributed by atoms with E-state index in [9.17, 15) is 42.8 Å². The van der Waals surface area contributed by atoms with Crippen molar-refractivity contribution in [3.05, 3.63) is 52.5 Å². The van der Waals surface area contributed by atoms with Crippen LogP contribution in [0.15, 0.2) is 57.2 Å². The van der Waals surface area contributed by atoms with Gasteiger partial charge in [0.05, 0.1) is 5.02 Å². The molecule has 2 rings (SSSR count). The van der Waals surface area contributed by atoms with Crippen molar-refractivity contribution in [1.82, 2.24) is 4.13 Å². The third-order valence-electron chi connectivity index (χ3n) is 3.44. The van der Waals surface area contributed by atoms with Gasteiger partial charge in [-0.25, -0.2) is 16.8 Å². The number of halogens is 6. The number of nitrogens with one attached hydrogen (secondary N) is 1. The Kier molecular flexibility index (Phi) is 7.54. The van der Waals surface area contributed by atoms with Crippen molar-refractivity contribution in [2.45, 2.75) is 25.2 Å². The predicted molar refractivity (Wildman–Crippen MR) is 108 cm³/mol. The highest BCUT2D eigenvalue weighted by atomic mass is 35.5. The van der Waals surface area contributed by atoms with Gasteiger partial charge in [0.25, 0.3) is 30.2 Å². The first-order valence-electron chi connectivity index (χ1n) is 7.56. The highest BCUT2D eigenvalue weighted by molar-refractivity contribution is 8.06. The molecule has 0 saturated carbocycles. The van der Waals surface area contributed by atoms with Gasteiger partial charge < -0.3 is 0 Å². The summed E-state index contributed by atoms with van der Waals surface area (Å²) in [6.45, 7) is 0. The van der Waals surface area contributed by atoms with E-state index in [1.807, 2.05) is 0 Å². The van der Waals surface area contributed by atoms with Gasteiger partial charge in [-0.3, -0.25) is 4.55 Å². The van der Waals surface area contributed by atoms with Gasteiger partial charge >= 0.3 is 10.5 Å². The Labute approximate surface area is 193 Å². The van der Waals surface area contributed by atoms with Crippen molar-refractivity contribution < 1.29 is 47.4 Å². The Morgan fingerprint density at radius 2 is 1.41 bits per heavy atom. The molecule has 2 aromatic rings. The highest BCUT2D eigenvalue weighted by Gasteiger charge is 2.67. The lowest BCUT2D eigenvalue weighted by molar-refractivity contribution is -0.0904. The molecule has 18 heteroatoms. The average Bonchev–Trinajstić information content (AvgIpc) is 2.62. The van der Waals surface area contributed by atoms with Gasteiger partial charge in [0, 0.05) is 9.92 Å². The van der Waals surface area contributed by atoms with E-state index >= 15 is 0 Å². The topological polar surface area (TPSA) is 135 Å². The molecule has 0 heterocycles. The fourth-order valence-corrected chi connectivity index (χ4v) is 7.76. The average molecular weight is 578 g/mol. The molecule has 0 atom stereocenters. The number of alkyl halides is 4. The van der Waals surface area contributed by atoms with Crippen molar-refractivity contribution in [2.75, 3.05) is 0 Å². The molecule has 0 aliphatic rings. The first kappa shape index (κ1) is 27.1. The van der Waals surface area contributed by atoms with Crippen LogP contribution >= 0.6 is 35.0 Å². The van der Waals surface area contributed by atoms with Crippen LogP contribution in [0, 0.1) is 0 Å². The minimum absolute atomic E-state index is 0.0349. The van der Waals surface area contributed by atoms with Crippen LogP contribution in [0.3, 0.4) is 0 Å². The van der Waals surface area contributed by atoms with Crippen LogP contribution < -0.4 is 4.13 Å². The van der Waals surface area contributed by atoms with Crippen molar-refractivity contribution in [1.29, 1.82) is 0 Å². The Hall–Kier alpha value is -1.14. The van der Waals surface area contributed by atoms with E-state index in [1.165, 1.54) is 0 Å². The molecule has 0 unspecified atom stereocenters. The maximum absolute atomic E-state index is 14.3. The maximum Gasteiger partial charge on any atom is 0.431 e. The summed E-state index contributed by atoms with van der Waals surface area (Å²) in [5.74, 6) is 0. The smallest absolute Gasteiger partial charge is 0.282 e. The van der Waals surface area contributed by atoms with Gasteiger partial charge in [-0.15, -0.1) is 0 Å². The van der Waals surface area contributed by atoms with Gasteiger partial charge in [0.2, 0.25) is 0 Å². The van der Waals surface area contributed by atoms with E-state index in [0.717, 1.165) is 30.3 Å². The Bertz CT molecular complexity index is 1370. The summed E-state index contributed by atoms with van der Waals surface area (Å²) in [6.07, 6.45) is 0. The fraction of sp³-hybridized carbons (Fsp3) is 0.143. The maximum atomic E-state index is 14.3. The Morgan fingerprint density at radius 1 is 0.875 bits per heavy atom. The molecule has 0 aliphatic heterocycles. The molecule has 178 valence electrons. The van der Waals surface area contributed by atoms with E-state index in [4.69, 9.17) is 27.8 Å². The summed E-state index contributed by atoms with van der Waals surface area (Å²) in [5.41, 5.74) is 0. The van der Waals surface area contributed by atoms with Gasteiger partial charge in [0.15, 0.2) is 0 Å². The normalized spacial score (nSPS) is 13.8. The summed E-state index contributed by atoms with van der Waals surface area (Å²) in [4.78, 5) is -3.55. The van der Waals surface area contributed by atoms with E-state index in [0.29, 0.717) is 16.3 Å². The largest absolute Gasteiger partial charge is 0.431 e. The van der Waals surface area contributed by atoms with E-state index in [-0.39, 0.29) is 5.02 Å². The molecule has 0 bridgehead atoms. The Balaban J connectivity index is 2.48. The number of thioether (sulfide) groups is 1. The summed E-state index contributed by atoms with van der Waals surface area (Å²) in [7, 11) is -17.7. The summed E-state index contributed by atoms with van der Waals surface area (Å²) in [5, 5.41) is -12.1. The molecule has 0 fully saturated rings. The van der Waals surface area contributed by atoms with Crippen LogP contribution in [0.2, 0.25) is 10.0 Å². The van der Waals surface area contributed by atoms with Gasteiger partial charge in [-0.1, -0.05) is 39.5 Å². The molecule has 0 saturated heterocycles. The molecule has 32 heavy (non-hydrogen) atoms. The van der Waals surface area contributed by atoms with E-state index in [2.05, 4.69) is 0 Å². The minimum atomic E-state index is -6.71. The van der Waals surface area contributed by atoms with Crippen LogP contribution in [0.5, 0.6) is 0 Å². The molecular formula is C14H9Cl2F4NO7S4. The number of benzene rings is 2. The molecule has 2 aromatic carbocycles. The molecule has 0 aromatic heterocycles. The summed E-state index contributed by atoms with van der Waals surface area (Å²) >= 11 is 10.2. The lowest BCUT2D eigenvalue weighted by Crippen LogP contribution is -2.51. The van der Waals surface area contributed by atoms with Gasteiger partial charge in [-0.2, -0.15) is 26.0 Å². The SMILES string of the molecule is O=S(=O)(O)c1ccccc1S(=O)(=O)NS(=O)(=O)C(F)(F)C(F)(F)Sc1ccc(Cl)cc1Cl. The zero-order chi connectivity index (χ0) is 24.8. The fourth-order valence-electron chi connectivity index (χ4n) is 2.04. The molecule has 0 aliphatic carbocycles. The van der Waals surface area contributed by atoms with E-state index < -0.39 is 72.1 Å². The quantitative estimate of drug-likeness (QED) is 0.274. The second-order valence-corrected chi connectivity index (χ2v) is 12.7. The summed E-state index contributed by atoms with van der Waals surface area (Å²) < 4.78 is 138. The van der Waals surface area contributed by atoms with Gasteiger partial charge in [-0.05, 0) is 42.1 Å². The molecule has 0 radical (unpaired) electrons. The first-order chi connectivity index (χ1) is 14.3. The second kappa shape index (κ2) is 8.90. The zero-order valence-corrected chi connectivity index (χ0v) is 19.6. The third-order valence-corrected chi connectivity index (χ3v) is 9.98. The number of sulfonamides is 2. The number of hydrogen-bond acceptors (Lipinski definition) is 7. The van der Waals surface area contributed by atoms with Gasteiger partial charge in [0.1, 0.15) is 9.79 Å². The first-order valence-corrected chi connectivity index (χ1v) is 13.5. The van der Waals surface area contributed by atoms with E-state index in [1.54, 1.807) is 0 Å². The van der Waals surface area contributed by atoms with Crippen molar-refractivity contribution >= 4 is 65.1 Å². The molecule has 2 N–H and O–H groups in total. The Morgan fingerprint density at radius 3 is 1.91 bits per heavy atom. The monoisotopic (exact) mass is 577 g/mol. The third kappa shape index (κ3) is 5.49. The van der Waals surface area contributed by atoms with Crippen LogP contribution in [0.1, 0.15) is 0 Å². The molecule has 0 spiro atoms. The standard InChI is InChI=1S/C14H9Cl2F4NO7S4/c15-8-5-6-10(9(16)7-8)29-13(17,18)14(19,20)32(27,28)21-30(22,23)11-3-1-2-4-12(11)31(24,25)26/h1-7,21H,(H,24,25,26). The number of hydrogen-bond donors (Lipinski definition) is 2. The van der Waals surface area contributed by atoms with Crippen molar-refractivity contribution in [2.24, 2.45) is 0 Å². The summed E-state index contributed by atoms with van der Waals surface area (Å²) in [6, 6.07) is 5.48. The van der Waals surface area contributed by atoms with Crippen LogP contribution in [0.4, 0.5) is 17.6 Å². The van der Waals surface area contributed by atoms with Crippen LogP contribution in [-0.2, 0) is 30.2 Å². The molecule has 8 nitrogen and oxygen atoms in total. The van der Waals surface area contributed by atoms with Crippen LogP contribution in [-0.4, -0.2) is 40.3 Å². The lowest BCUT2D eigenvalue weighted by Gasteiger charge is -2.26. The minimum Gasteiger partial charge on any atom is -0.282 e. The highest BCUT2D eigenvalue weighted by Crippen LogP contribution is 2.51. The number of rotatable bonds is 8. The van der Waals surface area contributed by atoms with Crippen molar-refractivity contribution in [3.63, 3.8) is 0 Å². The second-order valence-electron chi connectivity index (χ2n) is 5.72. The molecular weight excluding hydrogens is 569 g/mol. The van der Waals surface area contributed by atoms with Crippen LogP contribution in [0.25, 0.3) is 0 Å². The van der Waals surface area contributed by atoms with Crippen molar-refractivity contribution in [3.8, 4) is 0 Å².